The van der Waals surface area contributed by atoms with Crippen LogP contribution in [-0.4, -0.2) is 16.5 Å². The lowest BCUT2D eigenvalue weighted by Gasteiger charge is -1.91. The van der Waals surface area contributed by atoms with Crippen LogP contribution in [0.3, 0.4) is 0 Å². The molecule has 0 saturated carbocycles. The van der Waals surface area contributed by atoms with Crippen molar-refractivity contribution in [1.29, 1.82) is 0 Å². The van der Waals surface area contributed by atoms with Crippen LogP contribution in [0.15, 0.2) is 23.6 Å². The fraction of sp³-hybridized carbons (Fsp3) is 0.250. The van der Waals surface area contributed by atoms with Crippen LogP contribution in [0.4, 0.5) is 0 Å². The van der Waals surface area contributed by atoms with E-state index in [0.717, 1.165) is 5.56 Å². The fourth-order valence-corrected chi connectivity index (χ4v) is 0.902. The zero-order chi connectivity index (χ0) is 10.2. The first-order chi connectivity index (χ1) is 6.83. The Morgan fingerprint density at radius 1 is 1.50 bits per heavy atom. The van der Waals surface area contributed by atoms with E-state index in [0.29, 0.717) is 13.0 Å². The number of aromatic nitrogens is 2. The van der Waals surface area contributed by atoms with Gasteiger partial charge in [0.1, 0.15) is 0 Å². The maximum absolute atomic E-state index is 8.01. The summed E-state index contributed by atoms with van der Waals surface area (Å²) < 4.78 is 0. The highest BCUT2D eigenvalue weighted by Gasteiger charge is 1.89. The van der Waals surface area contributed by atoms with Crippen LogP contribution in [0.5, 0.6) is 0 Å². The second-order valence-electron chi connectivity index (χ2n) is 2.43. The van der Waals surface area contributed by atoms with Gasteiger partial charge in [0, 0.05) is 29.4 Å². The third-order valence-corrected chi connectivity index (χ3v) is 1.60. The van der Waals surface area contributed by atoms with Crippen molar-refractivity contribution >= 4 is 17.7 Å². The molecule has 0 N–H and O–H groups in total. The van der Waals surface area contributed by atoms with Gasteiger partial charge in [-0.3, -0.25) is 0 Å². The SMILES string of the molecule is [N-]=[N+]=NCCC=Cc1cnc(Cl)nc1. The maximum atomic E-state index is 8.01. The Morgan fingerprint density at radius 2 is 2.21 bits per heavy atom. The van der Waals surface area contributed by atoms with E-state index >= 15 is 0 Å². The van der Waals surface area contributed by atoms with Crippen molar-refractivity contribution < 1.29 is 0 Å². The molecule has 72 valence electrons. The van der Waals surface area contributed by atoms with E-state index in [1.165, 1.54) is 0 Å². The van der Waals surface area contributed by atoms with E-state index in [2.05, 4.69) is 20.0 Å². The van der Waals surface area contributed by atoms with Gasteiger partial charge in [-0.05, 0) is 23.6 Å². The zero-order valence-corrected chi connectivity index (χ0v) is 8.09. The Hall–Kier alpha value is -1.58. The molecule has 0 aliphatic heterocycles. The topological polar surface area (TPSA) is 74.5 Å². The minimum Gasteiger partial charge on any atom is -0.226 e. The molecule has 1 rings (SSSR count). The summed E-state index contributed by atoms with van der Waals surface area (Å²) in [4.78, 5) is 10.3. The van der Waals surface area contributed by atoms with Crippen LogP contribution in [0.25, 0.3) is 16.5 Å². The highest BCUT2D eigenvalue weighted by Crippen LogP contribution is 2.03. The van der Waals surface area contributed by atoms with Gasteiger partial charge >= 0.3 is 0 Å². The first-order valence-electron chi connectivity index (χ1n) is 3.98. The highest BCUT2D eigenvalue weighted by atomic mass is 35.5. The standard InChI is InChI=1S/C8H8ClN5/c9-8-11-5-7(6-12-8)3-1-2-4-13-14-10/h1,3,5-6H,2,4H2. The third kappa shape index (κ3) is 3.89. The summed E-state index contributed by atoms with van der Waals surface area (Å²) in [6.45, 7) is 0.460. The van der Waals surface area contributed by atoms with Crippen molar-refractivity contribution in [3.05, 3.63) is 39.8 Å². The molecular formula is C8H8ClN5. The van der Waals surface area contributed by atoms with Crippen molar-refractivity contribution in [2.24, 2.45) is 5.11 Å². The molecule has 0 bridgehead atoms. The van der Waals surface area contributed by atoms with Gasteiger partial charge < -0.3 is 0 Å². The molecule has 0 amide bonds. The van der Waals surface area contributed by atoms with Crippen LogP contribution in [0.1, 0.15) is 12.0 Å². The molecule has 0 aliphatic carbocycles. The number of hydrogen-bond donors (Lipinski definition) is 0. The normalized spacial score (nSPS) is 10.1. The molecule has 6 heteroatoms. The minimum absolute atomic E-state index is 0.233. The number of halogens is 1. The molecule has 0 aromatic carbocycles. The van der Waals surface area contributed by atoms with Crippen molar-refractivity contribution in [3.63, 3.8) is 0 Å². The largest absolute Gasteiger partial charge is 0.226 e. The Morgan fingerprint density at radius 3 is 2.86 bits per heavy atom. The average molecular weight is 210 g/mol. The molecule has 0 spiro atoms. The van der Waals surface area contributed by atoms with Crippen molar-refractivity contribution in [2.45, 2.75) is 6.42 Å². The van der Waals surface area contributed by atoms with Gasteiger partial charge in [-0.25, -0.2) is 9.97 Å². The Balaban J connectivity index is 2.43. The Bertz CT molecular complexity index is 352. The molecule has 0 unspecified atom stereocenters. The monoisotopic (exact) mass is 209 g/mol. The lowest BCUT2D eigenvalue weighted by molar-refractivity contribution is 0.995. The summed E-state index contributed by atoms with van der Waals surface area (Å²) >= 11 is 5.51. The number of azide groups is 1. The minimum atomic E-state index is 0.233. The molecule has 1 aromatic rings. The summed E-state index contributed by atoms with van der Waals surface area (Å²) in [5.41, 5.74) is 8.88. The van der Waals surface area contributed by atoms with Gasteiger partial charge in [-0.2, -0.15) is 0 Å². The molecule has 14 heavy (non-hydrogen) atoms. The van der Waals surface area contributed by atoms with E-state index in [1.807, 2.05) is 12.2 Å². The summed E-state index contributed by atoms with van der Waals surface area (Å²) in [5, 5.41) is 3.63. The quantitative estimate of drug-likeness (QED) is 0.251. The molecular weight excluding hydrogens is 202 g/mol. The molecule has 5 nitrogen and oxygen atoms in total. The van der Waals surface area contributed by atoms with Gasteiger partial charge in [0.05, 0.1) is 0 Å². The number of hydrogen-bond acceptors (Lipinski definition) is 3. The van der Waals surface area contributed by atoms with Crippen LogP contribution in [0, 0.1) is 0 Å². The molecule has 1 heterocycles. The van der Waals surface area contributed by atoms with E-state index in [1.54, 1.807) is 12.4 Å². The van der Waals surface area contributed by atoms with E-state index in [-0.39, 0.29) is 5.28 Å². The first kappa shape index (κ1) is 10.5. The maximum Gasteiger partial charge on any atom is 0.222 e. The summed E-state index contributed by atoms with van der Waals surface area (Å²) in [6.07, 6.45) is 7.69. The molecule has 0 atom stereocenters. The van der Waals surface area contributed by atoms with E-state index in [4.69, 9.17) is 17.1 Å². The summed E-state index contributed by atoms with van der Waals surface area (Å²) in [5.74, 6) is 0. The number of rotatable bonds is 4. The van der Waals surface area contributed by atoms with E-state index in [9.17, 15) is 0 Å². The average Bonchev–Trinajstić information content (AvgIpc) is 2.21. The first-order valence-corrected chi connectivity index (χ1v) is 4.35. The van der Waals surface area contributed by atoms with Gasteiger partial charge in [-0.15, -0.1) is 0 Å². The third-order valence-electron chi connectivity index (χ3n) is 1.41. The van der Waals surface area contributed by atoms with Crippen LogP contribution < -0.4 is 0 Å². The van der Waals surface area contributed by atoms with Crippen LogP contribution >= 0.6 is 11.6 Å². The van der Waals surface area contributed by atoms with Gasteiger partial charge in [0.25, 0.3) is 0 Å². The molecule has 0 fully saturated rings. The summed E-state index contributed by atoms with van der Waals surface area (Å²) in [6, 6.07) is 0. The molecule has 1 aromatic heterocycles. The van der Waals surface area contributed by atoms with Crippen molar-refractivity contribution in [3.8, 4) is 0 Å². The predicted molar refractivity (Wildman–Crippen MR) is 54.7 cm³/mol. The smallest absolute Gasteiger partial charge is 0.222 e. The Labute approximate surface area is 86.1 Å². The van der Waals surface area contributed by atoms with Crippen molar-refractivity contribution in [1.82, 2.24) is 9.97 Å². The fourth-order valence-electron chi connectivity index (χ4n) is 0.805. The van der Waals surface area contributed by atoms with Gasteiger partial charge in [-0.1, -0.05) is 17.3 Å². The zero-order valence-electron chi connectivity index (χ0n) is 7.34. The summed E-state index contributed by atoms with van der Waals surface area (Å²) in [7, 11) is 0. The lowest BCUT2D eigenvalue weighted by Crippen LogP contribution is -1.82. The molecule has 0 saturated heterocycles. The predicted octanol–water partition coefficient (Wildman–Crippen LogP) is 2.84. The lowest BCUT2D eigenvalue weighted by atomic mass is 10.3. The van der Waals surface area contributed by atoms with Gasteiger partial charge in [0.15, 0.2) is 0 Å². The second-order valence-corrected chi connectivity index (χ2v) is 2.77. The van der Waals surface area contributed by atoms with Crippen LogP contribution in [-0.2, 0) is 0 Å². The molecule has 0 aliphatic rings. The van der Waals surface area contributed by atoms with Crippen molar-refractivity contribution in [2.75, 3.05) is 6.54 Å². The number of nitrogens with zero attached hydrogens (tertiary/aromatic N) is 5. The highest BCUT2D eigenvalue weighted by molar-refractivity contribution is 6.28. The van der Waals surface area contributed by atoms with Crippen LogP contribution in [0.2, 0.25) is 5.28 Å². The second kappa shape index (κ2) is 5.96. The van der Waals surface area contributed by atoms with E-state index < -0.39 is 0 Å². The Kier molecular flexibility index (Phi) is 4.47. The molecule has 0 radical (unpaired) electrons. The van der Waals surface area contributed by atoms with Gasteiger partial charge in [0.2, 0.25) is 5.28 Å².